The molecule has 0 aliphatic rings. The highest BCUT2D eigenvalue weighted by molar-refractivity contribution is 5.27. The van der Waals surface area contributed by atoms with Gasteiger partial charge in [0.2, 0.25) is 0 Å². The number of phenols is 1. The zero-order chi connectivity index (χ0) is 7.40. The molecule has 0 unspecified atom stereocenters. The summed E-state index contributed by atoms with van der Waals surface area (Å²) in [6.07, 6.45) is 0.403. The van der Waals surface area contributed by atoms with Gasteiger partial charge in [0.1, 0.15) is 5.75 Å². The maximum atomic E-state index is 8.84. The smallest absolute Gasteiger partial charge is 0.115 e. The quantitative estimate of drug-likeness (QED) is 0.639. The Balaban J connectivity index is 0.000001000. The maximum absolute atomic E-state index is 8.84. The molecule has 0 bridgehead atoms. The van der Waals surface area contributed by atoms with E-state index in [9.17, 15) is 0 Å². The van der Waals surface area contributed by atoms with Crippen LogP contribution in [-0.2, 0) is 6.42 Å². The lowest BCUT2D eigenvalue weighted by atomic mass is 10.2. The lowest BCUT2D eigenvalue weighted by molar-refractivity contribution is 0.475. The van der Waals surface area contributed by atoms with Gasteiger partial charge in [0, 0.05) is 0 Å². The van der Waals surface area contributed by atoms with Gasteiger partial charge in [-0.2, -0.15) is 5.26 Å². The Labute approximate surface area is 64.8 Å². The summed E-state index contributed by atoms with van der Waals surface area (Å²) in [6.45, 7) is 0. The predicted octanol–water partition coefficient (Wildman–Crippen LogP) is 0.634. The summed E-state index contributed by atoms with van der Waals surface area (Å²) >= 11 is 0. The Morgan fingerprint density at radius 3 is 2.27 bits per heavy atom. The van der Waals surface area contributed by atoms with Crippen LogP contribution < -0.4 is 0 Å². The fourth-order valence-electron chi connectivity index (χ4n) is 0.705. The molecular weight excluding hydrogens is 142 g/mol. The van der Waals surface area contributed by atoms with Crippen molar-refractivity contribution >= 4 is 0 Å². The van der Waals surface area contributed by atoms with Gasteiger partial charge < -0.3 is 10.6 Å². The first kappa shape index (κ1) is 9.47. The SMILES string of the molecule is N#CCc1ccc(O)cc1.O. The fourth-order valence-corrected chi connectivity index (χ4v) is 0.705. The van der Waals surface area contributed by atoms with Gasteiger partial charge >= 0.3 is 0 Å². The van der Waals surface area contributed by atoms with Crippen molar-refractivity contribution < 1.29 is 10.6 Å². The Bertz CT molecular complexity index is 248. The van der Waals surface area contributed by atoms with Gasteiger partial charge in [0.15, 0.2) is 0 Å². The molecule has 3 N–H and O–H groups in total. The van der Waals surface area contributed by atoms with E-state index < -0.39 is 0 Å². The number of nitriles is 1. The maximum Gasteiger partial charge on any atom is 0.115 e. The summed E-state index contributed by atoms with van der Waals surface area (Å²) < 4.78 is 0. The summed E-state index contributed by atoms with van der Waals surface area (Å²) in [4.78, 5) is 0. The third-order valence-electron chi connectivity index (χ3n) is 1.22. The van der Waals surface area contributed by atoms with E-state index in [4.69, 9.17) is 10.4 Å². The number of hydrogen-bond donors (Lipinski definition) is 1. The molecule has 0 aromatic heterocycles. The van der Waals surface area contributed by atoms with Crippen molar-refractivity contribution in [2.24, 2.45) is 0 Å². The van der Waals surface area contributed by atoms with Crippen LogP contribution in [0.4, 0.5) is 0 Å². The number of rotatable bonds is 1. The second-order valence-corrected chi connectivity index (χ2v) is 2.00. The van der Waals surface area contributed by atoms with Crippen LogP contribution in [0.1, 0.15) is 5.56 Å². The molecule has 0 saturated heterocycles. The summed E-state index contributed by atoms with van der Waals surface area (Å²) in [5, 5.41) is 17.1. The number of hydrogen-bond acceptors (Lipinski definition) is 2. The van der Waals surface area contributed by atoms with Crippen LogP contribution in [-0.4, -0.2) is 10.6 Å². The minimum atomic E-state index is 0. The molecule has 0 amide bonds. The summed E-state index contributed by atoms with van der Waals surface area (Å²) in [5.41, 5.74) is 0.931. The van der Waals surface area contributed by atoms with Crippen LogP contribution in [0.25, 0.3) is 0 Å². The second kappa shape index (κ2) is 4.31. The minimum absolute atomic E-state index is 0. The van der Waals surface area contributed by atoms with E-state index in [1.165, 1.54) is 0 Å². The van der Waals surface area contributed by atoms with Crippen LogP contribution in [0.5, 0.6) is 5.75 Å². The van der Waals surface area contributed by atoms with Gasteiger partial charge in [-0.25, -0.2) is 0 Å². The molecule has 58 valence electrons. The van der Waals surface area contributed by atoms with Crippen LogP contribution in [0.15, 0.2) is 24.3 Å². The standard InChI is InChI=1S/C8H7NO.H2O/c9-6-5-7-1-3-8(10)4-2-7;/h1-4,10H,5H2;1H2. The van der Waals surface area contributed by atoms with E-state index in [0.717, 1.165) is 5.56 Å². The molecule has 3 nitrogen and oxygen atoms in total. The molecule has 1 aromatic carbocycles. The lowest BCUT2D eigenvalue weighted by Gasteiger charge is -1.92. The highest BCUT2D eigenvalue weighted by atomic mass is 16.3. The van der Waals surface area contributed by atoms with Crippen molar-refractivity contribution in [2.75, 3.05) is 0 Å². The molecule has 0 spiro atoms. The van der Waals surface area contributed by atoms with Gasteiger partial charge in [-0.3, -0.25) is 0 Å². The monoisotopic (exact) mass is 151 g/mol. The van der Waals surface area contributed by atoms with Crippen molar-refractivity contribution in [1.29, 1.82) is 5.26 Å². The minimum Gasteiger partial charge on any atom is -0.508 e. The largest absolute Gasteiger partial charge is 0.508 e. The first-order chi connectivity index (χ1) is 4.83. The van der Waals surface area contributed by atoms with Gasteiger partial charge in [-0.1, -0.05) is 12.1 Å². The number of aromatic hydroxyl groups is 1. The molecule has 0 heterocycles. The predicted molar refractivity (Wildman–Crippen MR) is 41.0 cm³/mol. The summed E-state index contributed by atoms with van der Waals surface area (Å²) in [6, 6.07) is 8.64. The molecule has 0 atom stereocenters. The number of benzene rings is 1. The van der Waals surface area contributed by atoms with Crippen LogP contribution in [0, 0.1) is 11.3 Å². The van der Waals surface area contributed by atoms with Crippen LogP contribution in [0.3, 0.4) is 0 Å². The van der Waals surface area contributed by atoms with Crippen molar-refractivity contribution in [3.63, 3.8) is 0 Å². The highest BCUT2D eigenvalue weighted by Crippen LogP contribution is 2.09. The third-order valence-corrected chi connectivity index (χ3v) is 1.22. The van der Waals surface area contributed by atoms with E-state index in [0.29, 0.717) is 6.42 Å². The average Bonchev–Trinajstić information content (AvgIpc) is 1.95. The Hall–Kier alpha value is -1.53. The molecule has 1 rings (SSSR count). The molecule has 0 radical (unpaired) electrons. The highest BCUT2D eigenvalue weighted by Gasteiger charge is 1.89. The van der Waals surface area contributed by atoms with Gasteiger partial charge in [-0.05, 0) is 17.7 Å². The van der Waals surface area contributed by atoms with E-state index in [2.05, 4.69) is 0 Å². The van der Waals surface area contributed by atoms with E-state index in [1.807, 2.05) is 6.07 Å². The molecule has 0 fully saturated rings. The fraction of sp³-hybridized carbons (Fsp3) is 0.125. The van der Waals surface area contributed by atoms with Crippen molar-refractivity contribution in [1.82, 2.24) is 0 Å². The zero-order valence-corrected chi connectivity index (χ0v) is 5.91. The molecular formula is C8H9NO2. The zero-order valence-electron chi connectivity index (χ0n) is 5.91. The molecule has 0 aliphatic heterocycles. The first-order valence-corrected chi connectivity index (χ1v) is 2.98. The molecule has 0 aliphatic carbocycles. The number of phenolic OH excluding ortho intramolecular Hbond substituents is 1. The molecule has 0 saturated carbocycles. The summed E-state index contributed by atoms with van der Waals surface area (Å²) in [5.74, 6) is 0.238. The normalized spacial score (nSPS) is 7.91. The van der Waals surface area contributed by atoms with Gasteiger partial charge in [0.05, 0.1) is 12.5 Å². The topological polar surface area (TPSA) is 75.5 Å². The van der Waals surface area contributed by atoms with Crippen molar-refractivity contribution in [3.05, 3.63) is 29.8 Å². The van der Waals surface area contributed by atoms with Gasteiger partial charge in [-0.15, -0.1) is 0 Å². The Morgan fingerprint density at radius 2 is 1.82 bits per heavy atom. The van der Waals surface area contributed by atoms with Gasteiger partial charge in [0.25, 0.3) is 0 Å². The first-order valence-electron chi connectivity index (χ1n) is 2.98. The Kier molecular flexibility index (Phi) is 3.71. The van der Waals surface area contributed by atoms with E-state index >= 15 is 0 Å². The van der Waals surface area contributed by atoms with E-state index in [1.54, 1.807) is 24.3 Å². The van der Waals surface area contributed by atoms with E-state index in [-0.39, 0.29) is 11.2 Å². The molecule has 3 heteroatoms. The summed E-state index contributed by atoms with van der Waals surface area (Å²) in [7, 11) is 0. The van der Waals surface area contributed by atoms with Crippen molar-refractivity contribution in [2.45, 2.75) is 6.42 Å². The Morgan fingerprint density at radius 1 is 1.27 bits per heavy atom. The molecule has 11 heavy (non-hydrogen) atoms. The van der Waals surface area contributed by atoms with Crippen LogP contribution in [0.2, 0.25) is 0 Å². The van der Waals surface area contributed by atoms with Crippen molar-refractivity contribution in [3.8, 4) is 11.8 Å². The molecule has 1 aromatic rings. The lowest BCUT2D eigenvalue weighted by Crippen LogP contribution is -1.77. The average molecular weight is 151 g/mol. The number of nitrogens with zero attached hydrogens (tertiary/aromatic N) is 1. The second-order valence-electron chi connectivity index (χ2n) is 2.00. The van der Waals surface area contributed by atoms with Crippen LogP contribution >= 0.6 is 0 Å². The third kappa shape index (κ3) is 2.70.